The lowest BCUT2D eigenvalue weighted by atomic mass is 10.1. The highest BCUT2D eigenvalue weighted by atomic mass is 16.5. The van der Waals surface area contributed by atoms with Crippen molar-refractivity contribution in [3.8, 4) is 5.75 Å². The molecule has 1 aromatic heterocycles. The summed E-state index contributed by atoms with van der Waals surface area (Å²) in [5.41, 5.74) is 2.00. The summed E-state index contributed by atoms with van der Waals surface area (Å²) in [7, 11) is 3.32. The summed E-state index contributed by atoms with van der Waals surface area (Å²) in [5, 5.41) is 13.6. The van der Waals surface area contributed by atoms with Crippen LogP contribution in [0.4, 0.5) is 0 Å². The van der Waals surface area contributed by atoms with Crippen molar-refractivity contribution in [1.82, 2.24) is 14.7 Å². The fraction of sp³-hybridized carbons (Fsp3) is 0.444. The molecule has 0 atom stereocenters. The standard InChI is InChI=1S/C18H25N3O4/c1-4-25-15-7-5-6-14(10-15)11-21(8-9-22)18(23)16-12-20(2)19-17(16)13-24-3/h5-7,10,12,22H,4,8-9,11,13H2,1-3H3. The van der Waals surface area contributed by atoms with Crippen LogP contribution in [0.15, 0.2) is 30.5 Å². The van der Waals surface area contributed by atoms with Gasteiger partial charge in [0.2, 0.25) is 0 Å². The third-order valence-electron chi connectivity index (χ3n) is 3.66. The molecule has 0 bridgehead atoms. The monoisotopic (exact) mass is 347 g/mol. The van der Waals surface area contributed by atoms with Gasteiger partial charge in [-0.3, -0.25) is 9.48 Å². The van der Waals surface area contributed by atoms with Gasteiger partial charge in [-0.15, -0.1) is 0 Å². The van der Waals surface area contributed by atoms with Crippen LogP contribution in [-0.2, 0) is 24.9 Å². The van der Waals surface area contributed by atoms with Crippen LogP contribution in [0.3, 0.4) is 0 Å². The number of ether oxygens (including phenoxy) is 2. The van der Waals surface area contributed by atoms with E-state index in [2.05, 4.69) is 5.10 Å². The van der Waals surface area contributed by atoms with Gasteiger partial charge in [0.05, 0.1) is 25.4 Å². The fourth-order valence-electron chi connectivity index (χ4n) is 2.62. The summed E-state index contributed by atoms with van der Waals surface area (Å²) in [6, 6.07) is 7.60. The van der Waals surface area contributed by atoms with Crippen LogP contribution in [0.1, 0.15) is 28.5 Å². The second-order valence-corrected chi connectivity index (χ2v) is 5.63. The quantitative estimate of drug-likeness (QED) is 0.746. The Morgan fingerprint density at radius 1 is 1.40 bits per heavy atom. The number of rotatable bonds is 9. The Hall–Kier alpha value is -2.38. The molecule has 0 aliphatic carbocycles. The zero-order chi connectivity index (χ0) is 18.2. The highest BCUT2D eigenvalue weighted by Crippen LogP contribution is 2.17. The van der Waals surface area contributed by atoms with Crippen LogP contribution in [0.25, 0.3) is 0 Å². The number of aromatic nitrogens is 2. The molecule has 1 aromatic carbocycles. The van der Waals surface area contributed by atoms with Gasteiger partial charge in [-0.1, -0.05) is 12.1 Å². The molecule has 136 valence electrons. The van der Waals surface area contributed by atoms with Crippen molar-refractivity contribution in [1.29, 1.82) is 0 Å². The van der Waals surface area contributed by atoms with Crippen LogP contribution in [0.5, 0.6) is 5.75 Å². The predicted molar refractivity (Wildman–Crippen MR) is 93.4 cm³/mol. The van der Waals surface area contributed by atoms with E-state index in [0.29, 0.717) is 24.4 Å². The summed E-state index contributed by atoms with van der Waals surface area (Å²) in [4.78, 5) is 14.5. The average Bonchev–Trinajstić information content (AvgIpc) is 2.95. The first kappa shape index (κ1) is 19.0. The molecule has 1 heterocycles. The number of aryl methyl sites for hydroxylation is 1. The smallest absolute Gasteiger partial charge is 0.257 e. The van der Waals surface area contributed by atoms with E-state index in [1.54, 1.807) is 29.9 Å². The third kappa shape index (κ3) is 5.04. The van der Waals surface area contributed by atoms with Crippen molar-refractivity contribution in [3.05, 3.63) is 47.3 Å². The van der Waals surface area contributed by atoms with Gasteiger partial charge >= 0.3 is 0 Å². The Balaban J connectivity index is 2.22. The molecule has 2 rings (SSSR count). The van der Waals surface area contributed by atoms with E-state index in [1.165, 1.54) is 0 Å². The minimum atomic E-state index is -0.184. The second-order valence-electron chi connectivity index (χ2n) is 5.63. The first-order valence-electron chi connectivity index (χ1n) is 8.22. The van der Waals surface area contributed by atoms with Crippen molar-refractivity contribution < 1.29 is 19.4 Å². The van der Waals surface area contributed by atoms with Gasteiger partial charge in [0, 0.05) is 33.4 Å². The molecule has 7 heteroatoms. The maximum Gasteiger partial charge on any atom is 0.257 e. The molecule has 0 radical (unpaired) electrons. The number of carbonyl (C=O) groups excluding carboxylic acids is 1. The molecule has 0 aliphatic rings. The zero-order valence-electron chi connectivity index (χ0n) is 14.9. The van der Waals surface area contributed by atoms with Gasteiger partial charge in [0.25, 0.3) is 5.91 Å². The summed E-state index contributed by atoms with van der Waals surface area (Å²) >= 11 is 0. The summed E-state index contributed by atoms with van der Waals surface area (Å²) in [5.74, 6) is 0.578. The Kier molecular flexibility index (Phi) is 6.97. The number of carbonyl (C=O) groups is 1. The Bertz CT molecular complexity index is 699. The normalized spacial score (nSPS) is 10.7. The second kappa shape index (κ2) is 9.19. The van der Waals surface area contributed by atoms with Gasteiger partial charge in [-0.2, -0.15) is 5.10 Å². The number of hydrogen-bond donors (Lipinski definition) is 1. The van der Waals surface area contributed by atoms with E-state index in [0.717, 1.165) is 11.3 Å². The molecular formula is C18H25N3O4. The van der Waals surface area contributed by atoms with Crippen LogP contribution >= 0.6 is 0 Å². The van der Waals surface area contributed by atoms with Crippen molar-refractivity contribution >= 4 is 5.91 Å². The molecule has 25 heavy (non-hydrogen) atoms. The van der Waals surface area contributed by atoms with Gasteiger partial charge in [-0.05, 0) is 24.6 Å². The van der Waals surface area contributed by atoms with E-state index in [4.69, 9.17) is 9.47 Å². The molecule has 0 fully saturated rings. The number of methoxy groups -OCH3 is 1. The van der Waals surface area contributed by atoms with Crippen molar-refractivity contribution in [2.75, 3.05) is 26.9 Å². The van der Waals surface area contributed by atoms with Crippen LogP contribution < -0.4 is 4.74 Å². The van der Waals surface area contributed by atoms with Crippen LogP contribution in [-0.4, -0.2) is 52.6 Å². The summed E-state index contributed by atoms with van der Waals surface area (Å²) in [6.45, 7) is 3.26. The van der Waals surface area contributed by atoms with Crippen LogP contribution in [0, 0.1) is 0 Å². The Labute approximate surface area is 147 Å². The Morgan fingerprint density at radius 2 is 2.20 bits per heavy atom. The number of aliphatic hydroxyl groups excluding tert-OH is 1. The summed E-state index contributed by atoms with van der Waals surface area (Å²) in [6.07, 6.45) is 1.68. The van der Waals surface area contributed by atoms with Gasteiger partial charge in [-0.25, -0.2) is 0 Å². The van der Waals surface area contributed by atoms with E-state index >= 15 is 0 Å². The molecule has 0 saturated carbocycles. The predicted octanol–water partition coefficient (Wildman–Crippen LogP) is 1.60. The average molecular weight is 347 g/mol. The number of aliphatic hydroxyl groups is 1. The summed E-state index contributed by atoms with van der Waals surface area (Å²) < 4.78 is 12.2. The first-order chi connectivity index (χ1) is 12.1. The molecule has 1 amide bonds. The van der Waals surface area contributed by atoms with Crippen LogP contribution in [0.2, 0.25) is 0 Å². The van der Waals surface area contributed by atoms with Crippen molar-refractivity contribution in [3.63, 3.8) is 0 Å². The maximum atomic E-state index is 12.9. The molecule has 0 aliphatic heterocycles. The van der Waals surface area contributed by atoms with Gasteiger partial charge in [0.15, 0.2) is 0 Å². The molecule has 0 unspecified atom stereocenters. The van der Waals surface area contributed by atoms with E-state index < -0.39 is 0 Å². The number of hydrogen-bond acceptors (Lipinski definition) is 5. The molecule has 2 aromatic rings. The molecule has 0 saturated heterocycles. The lowest BCUT2D eigenvalue weighted by molar-refractivity contribution is 0.0703. The lowest BCUT2D eigenvalue weighted by Crippen LogP contribution is -2.33. The lowest BCUT2D eigenvalue weighted by Gasteiger charge is -2.22. The zero-order valence-corrected chi connectivity index (χ0v) is 14.9. The number of nitrogens with zero attached hydrogens (tertiary/aromatic N) is 3. The van der Waals surface area contributed by atoms with Gasteiger partial charge < -0.3 is 19.5 Å². The third-order valence-corrected chi connectivity index (χ3v) is 3.66. The van der Waals surface area contributed by atoms with E-state index in [-0.39, 0.29) is 25.7 Å². The first-order valence-corrected chi connectivity index (χ1v) is 8.22. The van der Waals surface area contributed by atoms with Crippen molar-refractivity contribution in [2.45, 2.75) is 20.1 Å². The fourth-order valence-corrected chi connectivity index (χ4v) is 2.62. The largest absolute Gasteiger partial charge is 0.494 e. The van der Waals surface area contributed by atoms with E-state index in [1.807, 2.05) is 31.2 Å². The highest BCUT2D eigenvalue weighted by Gasteiger charge is 2.21. The SMILES string of the molecule is CCOc1cccc(CN(CCO)C(=O)c2cn(C)nc2COC)c1. The maximum absolute atomic E-state index is 12.9. The van der Waals surface area contributed by atoms with Crippen molar-refractivity contribution in [2.24, 2.45) is 7.05 Å². The topological polar surface area (TPSA) is 76.8 Å². The molecule has 0 spiro atoms. The minimum absolute atomic E-state index is 0.114. The molecule has 1 N–H and O–H groups in total. The molecule has 7 nitrogen and oxygen atoms in total. The Morgan fingerprint density at radius 3 is 2.88 bits per heavy atom. The van der Waals surface area contributed by atoms with E-state index in [9.17, 15) is 9.90 Å². The minimum Gasteiger partial charge on any atom is -0.494 e. The number of benzene rings is 1. The highest BCUT2D eigenvalue weighted by molar-refractivity contribution is 5.95. The molecular weight excluding hydrogens is 322 g/mol. The number of amides is 1. The van der Waals surface area contributed by atoms with Gasteiger partial charge in [0.1, 0.15) is 11.4 Å².